The minimum Gasteiger partial charge on any atom is -0.466 e. The van der Waals surface area contributed by atoms with Crippen LogP contribution in [0.15, 0.2) is 24.3 Å². The van der Waals surface area contributed by atoms with Gasteiger partial charge in [-0.05, 0) is 37.6 Å². The molecule has 1 aromatic rings. The summed E-state index contributed by atoms with van der Waals surface area (Å²) >= 11 is 0. The van der Waals surface area contributed by atoms with Crippen molar-refractivity contribution < 1.29 is 19.1 Å². The van der Waals surface area contributed by atoms with Gasteiger partial charge in [0.1, 0.15) is 12.2 Å². The topological polar surface area (TPSA) is 66.9 Å². The van der Waals surface area contributed by atoms with Gasteiger partial charge in [-0.2, -0.15) is 0 Å². The molecule has 0 aromatic heterocycles. The third kappa shape index (κ3) is 5.58. The summed E-state index contributed by atoms with van der Waals surface area (Å²) in [5, 5.41) is 0. The lowest BCUT2D eigenvalue weighted by Gasteiger charge is -2.29. The van der Waals surface area contributed by atoms with Gasteiger partial charge in [0.15, 0.2) is 0 Å². The molecule has 0 bridgehead atoms. The molecule has 1 fully saturated rings. The Labute approximate surface area is 155 Å². The van der Waals surface area contributed by atoms with E-state index >= 15 is 0 Å². The van der Waals surface area contributed by atoms with Crippen molar-refractivity contribution in [3.63, 3.8) is 0 Å². The molecule has 26 heavy (non-hydrogen) atoms. The van der Waals surface area contributed by atoms with E-state index in [4.69, 9.17) is 4.74 Å². The monoisotopic (exact) mass is 360 g/mol. The molecule has 0 N–H and O–H groups in total. The van der Waals surface area contributed by atoms with Crippen LogP contribution in [0.25, 0.3) is 0 Å². The lowest BCUT2D eigenvalue weighted by Crippen LogP contribution is -2.34. The Balaban J connectivity index is 2.08. The van der Waals surface area contributed by atoms with E-state index < -0.39 is 5.97 Å². The second kappa shape index (κ2) is 9.94. The first kappa shape index (κ1) is 19.9. The molecule has 0 unspecified atom stereocenters. The normalized spacial score (nSPS) is 14.2. The van der Waals surface area contributed by atoms with E-state index in [0.717, 1.165) is 37.3 Å². The molecule has 142 valence electrons. The molecule has 1 saturated heterocycles. The van der Waals surface area contributed by atoms with E-state index in [0.29, 0.717) is 25.2 Å². The highest BCUT2D eigenvalue weighted by molar-refractivity contribution is 6.03. The third-order valence-corrected chi connectivity index (χ3v) is 4.48. The second-order valence-corrected chi connectivity index (χ2v) is 6.42. The number of amides is 1. The van der Waals surface area contributed by atoms with Crippen molar-refractivity contribution >= 4 is 29.0 Å². The number of ketones is 1. The maximum atomic E-state index is 12.5. The molecule has 1 aromatic carbocycles. The molecule has 0 saturated carbocycles. The zero-order valence-corrected chi connectivity index (χ0v) is 15.7. The summed E-state index contributed by atoms with van der Waals surface area (Å²) in [4.78, 5) is 39.4. The van der Waals surface area contributed by atoms with Crippen molar-refractivity contribution in [2.24, 2.45) is 0 Å². The van der Waals surface area contributed by atoms with Crippen LogP contribution in [0, 0.1) is 0 Å². The summed E-state index contributed by atoms with van der Waals surface area (Å²) in [5.41, 5.74) is 1.83. The first-order valence-corrected chi connectivity index (χ1v) is 9.37. The minimum absolute atomic E-state index is 0.242. The number of carbonyl (C=O) groups excluding carboxylic acids is 3. The van der Waals surface area contributed by atoms with Crippen molar-refractivity contribution in [3.05, 3.63) is 24.3 Å². The van der Waals surface area contributed by atoms with Crippen LogP contribution >= 0.6 is 0 Å². The standard InChI is InChI=1S/C20H28N2O4/c1-3-5-12-22(19(24)15-20(25)26-4-2)17-8-6-16(7-9-17)21-13-10-18(23)11-14-21/h6-9H,3-5,10-15H2,1-2H3. The van der Waals surface area contributed by atoms with E-state index in [2.05, 4.69) is 11.8 Å². The Morgan fingerprint density at radius 3 is 2.35 bits per heavy atom. The van der Waals surface area contributed by atoms with Crippen LogP contribution in [0.4, 0.5) is 11.4 Å². The van der Waals surface area contributed by atoms with E-state index in [-0.39, 0.29) is 18.9 Å². The van der Waals surface area contributed by atoms with Crippen LogP contribution in [0.2, 0.25) is 0 Å². The lowest BCUT2D eigenvalue weighted by molar-refractivity contribution is -0.145. The number of rotatable bonds is 8. The van der Waals surface area contributed by atoms with Gasteiger partial charge >= 0.3 is 5.97 Å². The van der Waals surface area contributed by atoms with Crippen molar-refractivity contribution in [1.82, 2.24) is 0 Å². The summed E-state index contributed by atoms with van der Waals surface area (Å²) in [5.74, 6) is -0.421. The van der Waals surface area contributed by atoms with Crippen LogP contribution < -0.4 is 9.80 Å². The predicted octanol–water partition coefficient (Wildman–Crippen LogP) is 2.94. The van der Waals surface area contributed by atoms with Gasteiger partial charge in [0.2, 0.25) is 5.91 Å². The summed E-state index contributed by atoms with van der Waals surface area (Å²) < 4.78 is 4.89. The van der Waals surface area contributed by atoms with Gasteiger partial charge in [0, 0.05) is 43.9 Å². The quantitative estimate of drug-likeness (QED) is 0.527. The minimum atomic E-state index is -0.492. The van der Waals surface area contributed by atoms with Crippen molar-refractivity contribution in [1.29, 1.82) is 0 Å². The van der Waals surface area contributed by atoms with Crippen molar-refractivity contribution in [2.45, 2.75) is 46.0 Å². The van der Waals surface area contributed by atoms with E-state index in [1.165, 1.54) is 0 Å². The van der Waals surface area contributed by atoms with Gasteiger partial charge in [-0.1, -0.05) is 13.3 Å². The SMILES string of the molecule is CCCCN(C(=O)CC(=O)OCC)c1ccc(N2CCC(=O)CC2)cc1. The Bertz CT molecular complexity index is 617. The number of ether oxygens (including phenoxy) is 1. The van der Waals surface area contributed by atoms with Crippen LogP contribution in [0.1, 0.15) is 46.0 Å². The highest BCUT2D eigenvalue weighted by Gasteiger charge is 2.20. The van der Waals surface area contributed by atoms with Crippen LogP contribution in [-0.4, -0.2) is 43.9 Å². The molecular formula is C20H28N2O4. The molecule has 1 amide bonds. The zero-order chi connectivity index (χ0) is 18.9. The highest BCUT2D eigenvalue weighted by atomic mass is 16.5. The van der Waals surface area contributed by atoms with Gasteiger partial charge in [0.05, 0.1) is 6.61 Å². The molecule has 6 heteroatoms. The number of hydrogen-bond acceptors (Lipinski definition) is 5. The van der Waals surface area contributed by atoms with Gasteiger partial charge < -0.3 is 14.5 Å². The molecular weight excluding hydrogens is 332 g/mol. The number of esters is 1. The Morgan fingerprint density at radius 1 is 1.12 bits per heavy atom. The molecule has 1 aliphatic rings. The second-order valence-electron chi connectivity index (χ2n) is 6.42. The lowest BCUT2D eigenvalue weighted by atomic mass is 10.1. The summed E-state index contributed by atoms with van der Waals surface area (Å²) in [6.07, 6.45) is 2.76. The number of Topliss-reactive ketones (excluding diaryl/α,β-unsaturated/α-hetero) is 1. The number of anilines is 2. The molecule has 0 aliphatic carbocycles. The Morgan fingerprint density at radius 2 is 1.77 bits per heavy atom. The maximum Gasteiger partial charge on any atom is 0.315 e. The number of hydrogen-bond donors (Lipinski definition) is 0. The predicted molar refractivity (Wildman–Crippen MR) is 101 cm³/mol. The number of piperidine rings is 1. The van der Waals surface area contributed by atoms with Gasteiger partial charge in [-0.15, -0.1) is 0 Å². The smallest absolute Gasteiger partial charge is 0.315 e. The molecule has 0 radical (unpaired) electrons. The number of benzene rings is 1. The molecule has 1 heterocycles. The molecule has 1 aliphatic heterocycles. The van der Waals surface area contributed by atoms with Crippen molar-refractivity contribution in [3.8, 4) is 0 Å². The number of unbranched alkanes of at least 4 members (excludes halogenated alkanes) is 1. The number of carbonyl (C=O) groups is 3. The first-order valence-electron chi connectivity index (χ1n) is 9.37. The molecule has 2 rings (SSSR count). The fraction of sp³-hybridized carbons (Fsp3) is 0.550. The summed E-state index contributed by atoms with van der Waals surface area (Å²) in [7, 11) is 0. The van der Waals surface area contributed by atoms with Crippen molar-refractivity contribution in [2.75, 3.05) is 36.0 Å². The molecule has 0 spiro atoms. The average Bonchev–Trinajstić information content (AvgIpc) is 2.63. The maximum absolute atomic E-state index is 12.5. The fourth-order valence-corrected chi connectivity index (χ4v) is 3.00. The van der Waals surface area contributed by atoms with Crippen LogP contribution in [0.5, 0.6) is 0 Å². The van der Waals surface area contributed by atoms with Gasteiger partial charge in [-0.3, -0.25) is 14.4 Å². The number of nitrogens with zero attached hydrogens (tertiary/aromatic N) is 2. The first-order chi connectivity index (χ1) is 12.5. The van der Waals surface area contributed by atoms with E-state index in [1.807, 2.05) is 24.3 Å². The van der Waals surface area contributed by atoms with Gasteiger partial charge in [-0.25, -0.2) is 0 Å². The zero-order valence-electron chi connectivity index (χ0n) is 15.7. The molecule has 6 nitrogen and oxygen atoms in total. The van der Waals surface area contributed by atoms with Crippen LogP contribution in [0.3, 0.4) is 0 Å². The Hall–Kier alpha value is -2.37. The van der Waals surface area contributed by atoms with Crippen LogP contribution in [-0.2, 0) is 19.1 Å². The Kier molecular flexibility index (Phi) is 7.63. The molecule has 0 atom stereocenters. The summed E-state index contributed by atoms with van der Waals surface area (Å²) in [6.45, 7) is 6.11. The largest absolute Gasteiger partial charge is 0.466 e. The fourth-order valence-electron chi connectivity index (χ4n) is 3.00. The highest BCUT2D eigenvalue weighted by Crippen LogP contribution is 2.24. The van der Waals surface area contributed by atoms with E-state index in [9.17, 15) is 14.4 Å². The summed E-state index contributed by atoms with van der Waals surface area (Å²) in [6, 6.07) is 7.76. The average molecular weight is 360 g/mol. The third-order valence-electron chi connectivity index (χ3n) is 4.48. The van der Waals surface area contributed by atoms with Gasteiger partial charge in [0.25, 0.3) is 0 Å². The van der Waals surface area contributed by atoms with E-state index in [1.54, 1.807) is 11.8 Å².